The number of hydrogen-bond donors (Lipinski definition) is 6. The molecular formula is C41H40F15N9OS4. The monoisotopic (exact) mass is 1090 g/mol. The number of carbonyl (C=O) groups is 1. The van der Waals surface area contributed by atoms with Gasteiger partial charge in [-0.25, -0.2) is 9.97 Å². The molecule has 3 aromatic carbocycles. The summed E-state index contributed by atoms with van der Waals surface area (Å²) in [5, 5.41) is 18.3. The van der Waals surface area contributed by atoms with Crippen LogP contribution in [-0.2, 0) is 19.4 Å². The minimum atomic E-state index is -4.37. The van der Waals surface area contributed by atoms with Crippen molar-refractivity contribution in [1.82, 2.24) is 25.9 Å². The van der Waals surface area contributed by atoms with E-state index in [-0.39, 0.29) is 23.1 Å². The predicted octanol–water partition coefficient (Wildman–Crippen LogP) is 10.7. The lowest BCUT2D eigenvalue weighted by molar-refractivity contribution is -0.134. The molecule has 10 nitrogen and oxygen atoms in total. The van der Waals surface area contributed by atoms with Crippen molar-refractivity contribution in [1.29, 1.82) is 5.26 Å². The van der Waals surface area contributed by atoms with Gasteiger partial charge in [0.05, 0.1) is 39.6 Å². The van der Waals surface area contributed by atoms with Crippen molar-refractivity contribution in [2.45, 2.75) is 63.1 Å². The van der Waals surface area contributed by atoms with Crippen LogP contribution in [0.1, 0.15) is 44.3 Å². The molecule has 0 saturated heterocycles. The van der Waals surface area contributed by atoms with Crippen molar-refractivity contribution in [3.05, 3.63) is 116 Å². The van der Waals surface area contributed by atoms with E-state index in [1.807, 2.05) is 35.7 Å². The molecular weight excluding hydrogens is 1050 g/mol. The van der Waals surface area contributed by atoms with Gasteiger partial charge in [0.15, 0.2) is 10.2 Å². The van der Waals surface area contributed by atoms with E-state index in [1.165, 1.54) is 34.8 Å². The Labute approximate surface area is 408 Å². The first-order valence-electron chi connectivity index (χ1n) is 19.2. The first kappa shape index (κ1) is 62.3. The molecule has 9 N–H and O–H groups in total. The molecule has 0 unspecified atom stereocenters. The summed E-state index contributed by atoms with van der Waals surface area (Å²) >= 11 is 11.2. The van der Waals surface area contributed by atoms with Crippen LogP contribution in [0.4, 0.5) is 65.9 Å². The Morgan fingerprint density at radius 1 is 0.614 bits per heavy atom. The lowest BCUT2D eigenvalue weighted by Gasteiger charge is -2.11. The smallest absolute Gasteiger partial charge is 0.376 e. The number of nitrogens with zero attached hydrogens (tertiary/aromatic N) is 3. The van der Waals surface area contributed by atoms with Gasteiger partial charge in [0.2, 0.25) is 0 Å². The van der Waals surface area contributed by atoms with E-state index in [2.05, 4.69) is 45.5 Å². The first-order valence-corrected chi connectivity index (χ1v) is 21.8. The van der Waals surface area contributed by atoms with Crippen LogP contribution in [0.3, 0.4) is 0 Å². The zero-order chi connectivity index (χ0) is 53.3. The Morgan fingerprint density at radius 3 is 1.37 bits per heavy atom. The van der Waals surface area contributed by atoms with E-state index < -0.39 is 69.3 Å². The quantitative estimate of drug-likeness (QED) is 0.0579. The highest BCUT2D eigenvalue weighted by molar-refractivity contribution is 7.80. The van der Waals surface area contributed by atoms with Gasteiger partial charge in [-0.05, 0) is 54.3 Å². The number of halogens is 15. The fraction of sp³-hybridized carbons (Fsp3) is 0.317. The van der Waals surface area contributed by atoms with Crippen LogP contribution in [0.15, 0.2) is 89.6 Å². The third-order valence-corrected chi connectivity index (χ3v) is 9.76. The fourth-order valence-electron chi connectivity index (χ4n) is 4.32. The summed E-state index contributed by atoms with van der Waals surface area (Å²) in [5.41, 5.74) is 19.3. The van der Waals surface area contributed by atoms with Gasteiger partial charge in [-0.2, -0.15) is 71.1 Å². The number of thiocarbonyl (C=S) groups is 2. The zero-order valence-corrected chi connectivity index (χ0v) is 38.9. The normalized spacial score (nSPS) is 11.3. The Bertz CT molecular complexity index is 2360. The fourth-order valence-corrected chi connectivity index (χ4v) is 6.17. The van der Waals surface area contributed by atoms with Gasteiger partial charge in [-0.15, -0.1) is 22.7 Å². The number of nitriles is 1. The number of thiazole rings is 2. The summed E-state index contributed by atoms with van der Waals surface area (Å²) in [6.45, 7) is -3.20. The third-order valence-electron chi connectivity index (χ3n) is 7.55. The maximum absolute atomic E-state index is 12.1. The van der Waals surface area contributed by atoms with Crippen LogP contribution in [0.25, 0.3) is 22.5 Å². The van der Waals surface area contributed by atoms with Gasteiger partial charge in [-0.3, -0.25) is 10.1 Å². The molecule has 0 aliphatic rings. The summed E-state index contributed by atoms with van der Waals surface area (Å²) in [7, 11) is 0. The molecule has 0 aliphatic heterocycles. The Morgan fingerprint density at radius 2 is 1.03 bits per heavy atom. The molecule has 29 heteroatoms. The van der Waals surface area contributed by atoms with E-state index in [0.29, 0.717) is 39.1 Å². The van der Waals surface area contributed by atoms with E-state index in [9.17, 15) is 70.7 Å². The van der Waals surface area contributed by atoms with Gasteiger partial charge >= 0.3 is 30.9 Å². The van der Waals surface area contributed by atoms with Crippen LogP contribution in [0.2, 0.25) is 0 Å². The highest BCUT2D eigenvalue weighted by Gasteiger charge is 2.29. The highest BCUT2D eigenvalue weighted by Crippen LogP contribution is 2.28. The van der Waals surface area contributed by atoms with Crippen molar-refractivity contribution < 1.29 is 70.7 Å². The topological polar surface area (TPSA) is 181 Å². The minimum absolute atomic E-state index is 0.0605. The second kappa shape index (κ2) is 29.5. The second-order valence-corrected chi connectivity index (χ2v) is 16.1. The molecule has 2 aromatic heterocycles. The van der Waals surface area contributed by atoms with Crippen LogP contribution in [0.5, 0.6) is 0 Å². The molecule has 0 saturated carbocycles. The lowest BCUT2D eigenvalue weighted by Crippen LogP contribution is -2.43. The van der Waals surface area contributed by atoms with Crippen molar-refractivity contribution >= 4 is 63.2 Å². The molecule has 0 bridgehead atoms. The van der Waals surface area contributed by atoms with Gasteiger partial charge in [-0.1, -0.05) is 54.6 Å². The Hall–Kier alpha value is -5.67. The number of nitrogens with two attached hydrogens (primary N) is 3. The molecule has 70 heavy (non-hydrogen) atoms. The zero-order valence-electron chi connectivity index (χ0n) is 35.6. The highest BCUT2D eigenvalue weighted by atomic mass is 32.1. The van der Waals surface area contributed by atoms with Gasteiger partial charge in [0.1, 0.15) is 13.1 Å². The van der Waals surface area contributed by atoms with Crippen LogP contribution in [-0.4, -0.2) is 76.6 Å². The van der Waals surface area contributed by atoms with Crippen molar-refractivity contribution in [2.75, 3.05) is 19.6 Å². The number of alkyl halides is 15. The number of rotatable bonds is 10. The summed E-state index contributed by atoms with van der Waals surface area (Å²) in [6, 6.07) is 24.4. The average Bonchev–Trinajstić information content (AvgIpc) is 3.97. The molecule has 5 aromatic rings. The SMILES string of the molecule is N#Cc1ccc(-c2csc(CCC(F)(F)F)n2)cc1.NC(=S)NCC(F)(F)F.NCC(F)(F)F.NCc1ccc(-c2csc(CCC(F)(F)F)n2)cc1.O=C(NC(=S)NCC(F)(F)F)c1ccccc1. The minimum Gasteiger partial charge on any atom is -0.376 e. The third kappa shape index (κ3) is 30.7. The molecule has 0 radical (unpaired) electrons. The molecule has 0 spiro atoms. The largest absolute Gasteiger partial charge is 0.405 e. The lowest BCUT2D eigenvalue weighted by atomic mass is 10.1. The van der Waals surface area contributed by atoms with Crippen LogP contribution >= 0.6 is 47.1 Å². The number of benzene rings is 3. The van der Waals surface area contributed by atoms with Crippen molar-refractivity contribution in [3.63, 3.8) is 0 Å². The molecule has 5 rings (SSSR count). The maximum atomic E-state index is 12.1. The number of amides is 1. The second-order valence-electron chi connectivity index (χ2n) is 13.3. The van der Waals surface area contributed by atoms with Crippen molar-refractivity contribution in [3.8, 4) is 28.6 Å². The molecule has 384 valence electrons. The van der Waals surface area contributed by atoms with E-state index in [0.717, 1.165) is 16.7 Å². The van der Waals surface area contributed by atoms with Gasteiger partial charge < -0.3 is 27.8 Å². The summed E-state index contributed by atoms with van der Waals surface area (Å²) in [5.74, 6) is -0.551. The number of nitrogens with one attached hydrogen (secondary N) is 3. The molecule has 0 aliphatic carbocycles. The number of aryl methyl sites for hydroxylation is 2. The number of hydrogen-bond acceptors (Lipinski definition) is 10. The summed E-state index contributed by atoms with van der Waals surface area (Å²) < 4.78 is 174. The van der Waals surface area contributed by atoms with E-state index in [1.54, 1.807) is 58.5 Å². The molecule has 0 atom stereocenters. The van der Waals surface area contributed by atoms with Crippen LogP contribution in [0, 0.1) is 11.3 Å². The number of aromatic nitrogens is 2. The molecule has 1 amide bonds. The summed E-state index contributed by atoms with van der Waals surface area (Å²) in [6.07, 6.45) is -22.9. The standard InChI is InChI=1S/C13H13F3N2S.C13H9F3N2S.C10H9F3N2OS.C3H5F3N2S.C2H4F3N/c2*14-13(15,16)6-5-12-18-11(8-19-12)10-3-1-9(7-17)2-4-10;11-10(12,13)6-14-9(17)15-8(16)7-4-2-1-3-5-7;4-3(5,6)1-8-2(7)9;3-2(4,5)1-6/h1-4,8H,5-7,17H2;1-4,8H,5-6H2;1-5H,6H2,(H2,14,15,16,17);1H2,(H3,7,8,9);1,6H2. The van der Waals surface area contributed by atoms with Crippen LogP contribution < -0.4 is 33.2 Å². The maximum Gasteiger partial charge on any atom is 0.405 e. The number of carbonyl (C=O) groups excluding carboxylic acids is 1. The Kier molecular flexibility index (Phi) is 26.3. The van der Waals surface area contributed by atoms with Gasteiger partial charge in [0, 0.05) is 59.7 Å². The van der Waals surface area contributed by atoms with E-state index >= 15 is 0 Å². The van der Waals surface area contributed by atoms with Crippen molar-refractivity contribution in [2.24, 2.45) is 17.2 Å². The molecule has 0 fully saturated rings. The molecule has 2 heterocycles. The average molecular weight is 1090 g/mol. The Balaban J connectivity index is 0.000000460. The summed E-state index contributed by atoms with van der Waals surface area (Å²) in [4.78, 5) is 19.9. The van der Waals surface area contributed by atoms with E-state index in [4.69, 9.17) is 16.7 Å². The first-order chi connectivity index (χ1) is 32.3. The van der Waals surface area contributed by atoms with Gasteiger partial charge in [0.25, 0.3) is 5.91 Å². The predicted molar refractivity (Wildman–Crippen MR) is 243 cm³/mol.